The highest BCUT2D eigenvalue weighted by Gasteiger charge is 2.31. The Balaban J connectivity index is 0. The zero-order valence-corrected chi connectivity index (χ0v) is 14.5. The molecule has 0 bridgehead atoms. The standard InChI is InChI=1S/C8H7F3.C7H15NO.CH4O.CH2O/c1-6-4-2-3-5-7(6)8(9,10)11;1-8-5-3-2-4-7(8)6-9;2*1-2/h2-5H,1H3;7,9H,2-6H2,1H3;2H,1H3;1H2. The molecule has 1 saturated heterocycles. The van der Waals surface area contributed by atoms with Gasteiger partial charge in [0, 0.05) is 13.2 Å². The van der Waals surface area contributed by atoms with Gasteiger partial charge in [0.05, 0.1) is 12.2 Å². The highest BCUT2D eigenvalue weighted by Crippen LogP contribution is 2.31. The fraction of sp³-hybridized carbons (Fsp3) is 0.588. The SMILES string of the molecule is C=O.CN1CCCCC1CO.CO.Cc1ccccc1C(F)(F)F. The molecule has 0 aromatic heterocycles. The normalized spacial score (nSPS) is 17.2. The van der Waals surface area contributed by atoms with Crippen LogP contribution in [-0.4, -0.2) is 55.3 Å². The number of hydrogen-bond donors (Lipinski definition) is 2. The first kappa shape index (κ1) is 24.8. The van der Waals surface area contributed by atoms with Gasteiger partial charge in [0.1, 0.15) is 6.79 Å². The van der Waals surface area contributed by atoms with E-state index in [2.05, 4.69) is 11.9 Å². The lowest BCUT2D eigenvalue weighted by Gasteiger charge is -2.30. The van der Waals surface area contributed by atoms with Crippen molar-refractivity contribution in [2.24, 2.45) is 0 Å². The molecule has 2 rings (SSSR count). The number of likely N-dealkylation sites (tertiary alicyclic amines) is 1. The van der Waals surface area contributed by atoms with Crippen LogP contribution in [0.15, 0.2) is 24.3 Å². The zero-order valence-electron chi connectivity index (χ0n) is 14.5. The number of halogens is 3. The first-order valence-electron chi connectivity index (χ1n) is 7.53. The van der Waals surface area contributed by atoms with E-state index < -0.39 is 11.7 Å². The Hall–Kier alpha value is -1.44. The maximum Gasteiger partial charge on any atom is 0.416 e. The minimum absolute atomic E-state index is 0.264. The molecule has 0 spiro atoms. The Morgan fingerprint density at radius 2 is 1.75 bits per heavy atom. The summed E-state index contributed by atoms with van der Waals surface area (Å²) in [7, 11) is 3.08. The van der Waals surface area contributed by atoms with Gasteiger partial charge < -0.3 is 19.9 Å². The summed E-state index contributed by atoms with van der Waals surface area (Å²) in [5.41, 5.74) is -0.292. The molecule has 7 heteroatoms. The van der Waals surface area contributed by atoms with Gasteiger partial charge in [-0.05, 0) is 45.0 Å². The summed E-state index contributed by atoms with van der Waals surface area (Å²) in [4.78, 5) is 10.2. The third-order valence-electron chi connectivity index (χ3n) is 3.58. The Labute approximate surface area is 141 Å². The van der Waals surface area contributed by atoms with Crippen LogP contribution in [0.2, 0.25) is 0 Å². The first-order valence-corrected chi connectivity index (χ1v) is 7.53. The molecule has 1 heterocycles. The van der Waals surface area contributed by atoms with E-state index in [0.29, 0.717) is 12.6 Å². The number of nitrogens with zero attached hydrogens (tertiary/aromatic N) is 1. The van der Waals surface area contributed by atoms with Gasteiger partial charge >= 0.3 is 6.18 Å². The molecule has 1 aliphatic rings. The largest absolute Gasteiger partial charge is 0.416 e. The molecule has 1 unspecified atom stereocenters. The highest BCUT2D eigenvalue weighted by atomic mass is 19.4. The number of carbonyl (C=O) groups is 1. The van der Waals surface area contributed by atoms with Crippen LogP contribution in [-0.2, 0) is 11.0 Å². The Morgan fingerprint density at radius 3 is 2.08 bits per heavy atom. The molecule has 1 aromatic carbocycles. The van der Waals surface area contributed by atoms with Gasteiger partial charge in [0.15, 0.2) is 0 Å². The van der Waals surface area contributed by atoms with Gasteiger partial charge in [-0.1, -0.05) is 24.6 Å². The molecule has 1 fully saturated rings. The third kappa shape index (κ3) is 9.64. The average molecular weight is 351 g/mol. The summed E-state index contributed by atoms with van der Waals surface area (Å²) in [6.07, 6.45) is -0.457. The highest BCUT2D eigenvalue weighted by molar-refractivity contribution is 5.27. The molecule has 1 aromatic rings. The molecule has 1 atom stereocenters. The average Bonchev–Trinajstić information content (AvgIpc) is 2.59. The van der Waals surface area contributed by atoms with Crippen molar-refractivity contribution in [3.05, 3.63) is 35.4 Å². The van der Waals surface area contributed by atoms with E-state index in [1.54, 1.807) is 6.07 Å². The molecule has 2 N–H and O–H groups in total. The van der Waals surface area contributed by atoms with Crippen LogP contribution in [0.5, 0.6) is 0 Å². The number of likely N-dealkylation sites (N-methyl/N-ethyl adjacent to an activating group) is 1. The molecule has 0 saturated carbocycles. The van der Waals surface area contributed by atoms with Gasteiger partial charge in [0.25, 0.3) is 0 Å². The lowest BCUT2D eigenvalue weighted by atomic mass is 10.0. The van der Waals surface area contributed by atoms with Crippen LogP contribution in [0.3, 0.4) is 0 Å². The first-order chi connectivity index (χ1) is 11.4. The van der Waals surface area contributed by atoms with E-state index in [4.69, 9.17) is 15.0 Å². The van der Waals surface area contributed by atoms with Crippen LogP contribution >= 0.6 is 0 Å². The van der Waals surface area contributed by atoms with Crippen molar-refractivity contribution < 1.29 is 28.2 Å². The number of benzene rings is 1. The Kier molecular flexibility index (Phi) is 14.4. The van der Waals surface area contributed by atoms with E-state index in [1.165, 1.54) is 38.3 Å². The van der Waals surface area contributed by atoms with Crippen molar-refractivity contribution in [1.29, 1.82) is 0 Å². The van der Waals surface area contributed by atoms with Crippen LogP contribution < -0.4 is 0 Å². The fourth-order valence-electron chi connectivity index (χ4n) is 2.27. The molecule has 4 nitrogen and oxygen atoms in total. The fourth-order valence-corrected chi connectivity index (χ4v) is 2.27. The topological polar surface area (TPSA) is 60.8 Å². The number of aliphatic hydroxyl groups excluding tert-OH is 2. The van der Waals surface area contributed by atoms with E-state index in [1.807, 2.05) is 6.79 Å². The van der Waals surface area contributed by atoms with Gasteiger partial charge in [-0.2, -0.15) is 13.2 Å². The molecular weight excluding hydrogens is 323 g/mol. The second kappa shape index (κ2) is 13.9. The number of alkyl halides is 3. The van der Waals surface area contributed by atoms with Crippen LogP contribution in [0.1, 0.15) is 30.4 Å². The number of aryl methyl sites for hydroxylation is 1. The van der Waals surface area contributed by atoms with Crippen molar-refractivity contribution in [2.45, 2.75) is 38.4 Å². The second-order valence-electron chi connectivity index (χ2n) is 5.13. The maximum absolute atomic E-state index is 12.0. The minimum atomic E-state index is -4.22. The number of rotatable bonds is 1. The third-order valence-corrected chi connectivity index (χ3v) is 3.58. The van der Waals surface area contributed by atoms with Gasteiger partial charge in [-0.3, -0.25) is 0 Å². The van der Waals surface area contributed by atoms with Crippen molar-refractivity contribution in [3.8, 4) is 0 Å². The lowest BCUT2D eigenvalue weighted by Crippen LogP contribution is -2.38. The number of piperidine rings is 1. The Morgan fingerprint density at radius 1 is 1.21 bits per heavy atom. The van der Waals surface area contributed by atoms with E-state index in [0.717, 1.165) is 19.7 Å². The van der Waals surface area contributed by atoms with Crippen LogP contribution in [0.25, 0.3) is 0 Å². The summed E-state index contributed by atoms with van der Waals surface area (Å²) in [5.74, 6) is 0. The van der Waals surface area contributed by atoms with E-state index >= 15 is 0 Å². The molecular formula is C17H28F3NO3. The molecule has 140 valence electrons. The number of hydrogen-bond acceptors (Lipinski definition) is 4. The molecule has 0 amide bonds. The van der Waals surface area contributed by atoms with Crippen LogP contribution in [0, 0.1) is 6.92 Å². The number of aliphatic hydroxyl groups is 2. The summed E-state index contributed by atoms with van der Waals surface area (Å²) in [6.45, 7) is 4.94. The lowest BCUT2D eigenvalue weighted by molar-refractivity contribution is -0.138. The van der Waals surface area contributed by atoms with Gasteiger partial charge in [-0.25, -0.2) is 0 Å². The molecule has 1 aliphatic heterocycles. The van der Waals surface area contributed by atoms with Gasteiger partial charge in [-0.15, -0.1) is 0 Å². The van der Waals surface area contributed by atoms with Crippen molar-refractivity contribution in [1.82, 2.24) is 4.90 Å². The van der Waals surface area contributed by atoms with Crippen LogP contribution in [0.4, 0.5) is 13.2 Å². The van der Waals surface area contributed by atoms with E-state index in [9.17, 15) is 13.2 Å². The van der Waals surface area contributed by atoms with Gasteiger partial charge in [0.2, 0.25) is 0 Å². The maximum atomic E-state index is 12.0. The van der Waals surface area contributed by atoms with Crippen molar-refractivity contribution in [2.75, 3.05) is 27.3 Å². The van der Waals surface area contributed by atoms with Crippen molar-refractivity contribution >= 4 is 6.79 Å². The van der Waals surface area contributed by atoms with E-state index in [-0.39, 0.29) is 5.56 Å². The monoisotopic (exact) mass is 351 g/mol. The molecule has 24 heavy (non-hydrogen) atoms. The summed E-state index contributed by atoms with van der Waals surface area (Å²) in [5, 5.41) is 15.8. The minimum Gasteiger partial charge on any atom is -0.400 e. The predicted octanol–water partition coefficient (Wildman–Crippen LogP) is 2.90. The predicted molar refractivity (Wildman–Crippen MR) is 88.8 cm³/mol. The summed E-state index contributed by atoms with van der Waals surface area (Å²) >= 11 is 0. The Bertz CT molecular complexity index is 428. The second-order valence-corrected chi connectivity index (χ2v) is 5.13. The quantitative estimate of drug-likeness (QED) is 0.817. The summed E-state index contributed by atoms with van der Waals surface area (Å²) in [6, 6.07) is 5.94. The summed E-state index contributed by atoms with van der Waals surface area (Å²) < 4.78 is 36.1. The number of carbonyl (C=O) groups excluding carboxylic acids is 1. The zero-order chi connectivity index (χ0) is 19.2. The van der Waals surface area contributed by atoms with Crippen molar-refractivity contribution in [3.63, 3.8) is 0 Å². The molecule has 0 aliphatic carbocycles. The molecule has 0 radical (unpaired) electrons. The smallest absolute Gasteiger partial charge is 0.400 e.